The molecule has 0 unspecified atom stereocenters. The first-order valence-corrected chi connectivity index (χ1v) is 7.12. The van der Waals surface area contributed by atoms with Gasteiger partial charge in [0.2, 0.25) is 0 Å². The quantitative estimate of drug-likeness (QED) is 0.935. The molecule has 2 aromatic heterocycles. The maximum atomic E-state index is 4.63. The van der Waals surface area contributed by atoms with Gasteiger partial charge in [-0.1, -0.05) is 13.3 Å². The van der Waals surface area contributed by atoms with Crippen LogP contribution < -0.4 is 5.32 Å². The average Bonchev–Trinajstić information content (AvgIpc) is 2.42. The van der Waals surface area contributed by atoms with Crippen LogP contribution in [0.4, 0.5) is 5.82 Å². The number of hydrogen-bond donors (Lipinski definition) is 1. The molecule has 0 radical (unpaired) electrons. The Morgan fingerprint density at radius 2 is 2.05 bits per heavy atom. The summed E-state index contributed by atoms with van der Waals surface area (Å²) >= 11 is 3.56. The molecule has 0 amide bonds. The molecule has 0 fully saturated rings. The van der Waals surface area contributed by atoms with Crippen LogP contribution in [0.2, 0.25) is 0 Å². The summed E-state index contributed by atoms with van der Waals surface area (Å²) in [6.07, 6.45) is 3.78. The van der Waals surface area contributed by atoms with Gasteiger partial charge >= 0.3 is 0 Å². The molecule has 0 bridgehead atoms. The number of halogens is 1. The first-order chi connectivity index (χ1) is 9.15. The van der Waals surface area contributed by atoms with E-state index < -0.39 is 0 Å². The van der Waals surface area contributed by atoms with Crippen LogP contribution in [0, 0.1) is 6.92 Å². The number of pyridine rings is 1. The van der Waals surface area contributed by atoms with Gasteiger partial charge in [-0.25, -0.2) is 9.97 Å². The molecule has 0 aromatic carbocycles. The number of aromatic nitrogens is 3. The highest BCUT2D eigenvalue weighted by molar-refractivity contribution is 9.10. The fourth-order valence-electron chi connectivity index (χ4n) is 1.79. The minimum absolute atomic E-state index is 0.712. The highest BCUT2D eigenvalue weighted by Crippen LogP contribution is 2.27. The van der Waals surface area contributed by atoms with Gasteiger partial charge in [0.25, 0.3) is 0 Å². The van der Waals surface area contributed by atoms with Crippen LogP contribution in [0.3, 0.4) is 0 Å². The Hall–Kier alpha value is -1.49. The Labute approximate surface area is 121 Å². The molecule has 0 aliphatic heterocycles. The van der Waals surface area contributed by atoms with E-state index in [1.165, 1.54) is 0 Å². The summed E-state index contributed by atoms with van der Waals surface area (Å²) in [5, 5.41) is 3.10. The van der Waals surface area contributed by atoms with Crippen LogP contribution in [-0.2, 0) is 6.42 Å². The zero-order valence-corrected chi connectivity index (χ0v) is 13.0. The van der Waals surface area contributed by atoms with E-state index in [9.17, 15) is 0 Å². The molecule has 2 rings (SSSR count). The van der Waals surface area contributed by atoms with Crippen LogP contribution in [0.1, 0.15) is 24.7 Å². The number of anilines is 1. The number of aryl methyl sites for hydroxylation is 2. The lowest BCUT2D eigenvalue weighted by Crippen LogP contribution is -2.03. The van der Waals surface area contributed by atoms with E-state index in [2.05, 4.69) is 43.1 Å². The van der Waals surface area contributed by atoms with Crippen molar-refractivity contribution in [1.82, 2.24) is 15.0 Å². The largest absolute Gasteiger partial charge is 0.372 e. The topological polar surface area (TPSA) is 50.7 Å². The van der Waals surface area contributed by atoms with E-state index in [-0.39, 0.29) is 0 Å². The second-order valence-corrected chi connectivity index (χ2v) is 5.14. The summed E-state index contributed by atoms with van der Waals surface area (Å²) in [7, 11) is 1.86. The zero-order valence-electron chi connectivity index (χ0n) is 11.4. The van der Waals surface area contributed by atoms with Crippen molar-refractivity contribution in [2.75, 3.05) is 12.4 Å². The third kappa shape index (κ3) is 3.10. The summed E-state index contributed by atoms with van der Waals surface area (Å²) in [4.78, 5) is 13.5. The fraction of sp³-hybridized carbons (Fsp3) is 0.357. The predicted octanol–water partition coefficient (Wildman–Crippen LogP) is 3.60. The molecule has 0 saturated carbocycles. The second-order valence-electron chi connectivity index (χ2n) is 4.34. The SMILES string of the molecule is CCCc1nc(-c2ccc(C)nc2)nc(NC)c1Br. The molecule has 2 heterocycles. The van der Waals surface area contributed by atoms with E-state index in [0.29, 0.717) is 5.82 Å². The highest BCUT2D eigenvalue weighted by atomic mass is 79.9. The molecule has 5 heteroatoms. The minimum Gasteiger partial charge on any atom is -0.372 e. The second kappa shape index (κ2) is 6.10. The van der Waals surface area contributed by atoms with Gasteiger partial charge in [-0.15, -0.1) is 0 Å². The third-order valence-electron chi connectivity index (χ3n) is 2.81. The minimum atomic E-state index is 0.712. The average molecular weight is 321 g/mol. The maximum Gasteiger partial charge on any atom is 0.163 e. The van der Waals surface area contributed by atoms with Crippen molar-refractivity contribution in [2.24, 2.45) is 0 Å². The number of rotatable bonds is 4. The van der Waals surface area contributed by atoms with Crippen LogP contribution in [0.15, 0.2) is 22.8 Å². The van der Waals surface area contributed by atoms with Gasteiger partial charge in [-0.05, 0) is 41.4 Å². The first kappa shape index (κ1) is 13.9. The molecular weight excluding hydrogens is 304 g/mol. The molecule has 2 aromatic rings. The van der Waals surface area contributed by atoms with Crippen molar-refractivity contribution < 1.29 is 0 Å². The Kier molecular flexibility index (Phi) is 4.47. The number of nitrogens with zero attached hydrogens (tertiary/aromatic N) is 3. The summed E-state index contributed by atoms with van der Waals surface area (Å²) in [6.45, 7) is 4.11. The maximum absolute atomic E-state index is 4.63. The van der Waals surface area contributed by atoms with Gasteiger partial charge in [-0.3, -0.25) is 4.98 Å². The van der Waals surface area contributed by atoms with Crippen molar-refractivity contribution in [3.05, 3.63) is 34.2 Å². The van der Waals surface area contributed by atoms with E-state index in [1.807, 2.05) is 32.3 Å². The molecule has 0 aliphatic carbocycles. The summed E-state index contributed by atoms with van der Waals surface area (Å²) in [5.74, 6) is 1.53. The molecule has 0 saturated heterocycles. The molecular formula is C14H17BrN4. The zero-order chi connectivity index (χ0) is 13.8. The predicted molar refractivity (Wildman–Crippen MR) is 81.2 cm³/mol. The van der Waals surface area contributed by atoms with Crippen molar-refractivity contribution in [2.45, 2.75) is 26.7 Å². The first-order valence-electron chi connectivity index (χ1n) is 6.33. The Bertz CT molecular complexity index is 566. The van der Waals surface area contributed by atoms with Crippen LogP contribution in [-0.4, -0.2) is 22.0 Å². The molecule has 0 aliphatic rings. The van der Waals surface area contributed by atoms with Crippen LogP contribution >= 0.6 is 15.9 Å². The Morgan fingerprint density at radius 3 is 2.63 bits per heavy atom. The van der Waals surface area contributed by atoms with Gasteiger partial charge in [0.1, 0.15) is 5.82 Å². The van der Waals surface area contributed by atoms with E-state index in [1.54, 1.807) is 0 Å². The normalized spacial score (nSPS) is 10.5. The molecule has 19 heavy (non-hydrogen) atoms. The van der Waals surface area contributed by atoms with Crippen LogP contribution in [0.5, 0.6) is 0 Å². The lowest BCUT2D eigenvalue weighted by Gasteiger charge is -2.10. The molecule has 1 N–H and O–H groups in total. The van der Waals surface area contributed by atoms with E-state index >= 15 is 0 Å². The smallest absolute Gasteiger partial charge is 0.163 e. The highest BCUT2D eigenvalue weighted by Gasteiger charge is 2.12. The third-order valence-corrected chi connectivity index (χ3v) is 3.65. The lowest BCUT2D eigenvalue weighted by atomic mass is 10.2. The monoisotopic (exact) mass is 320 g/mol. The summed E-state index contributed by atoms with van der Waals surface area (Å²) in [5.41, 5.74) is 2.95. The summed E-state index contributed by atoms with van der Waals surface area (Å²) in [6, 6.07) is 3.97. The molecule has 4 nitrogen and oxygen atoms in total. The van der Waals surface area contributed by atoms with E-state index in [0.717, 1.165) is 40.1 Å². The van der Waals surface area contributed by atoms with Crippen molar-refractivity contribution in [1.29, 1.82) is 0 Å². The fourth-order valence-corrected chi connectivity index (χ4v) is 2.36. The van der Waals surface area contributed by atoms with Crippen molar-refractivity contribution in [3.63, 3.8) is 0 Å². The van der Waals surface area contributed by atoms with Gasteiger partial charge in [-0.2, -0.15) is 0 Å². The number of hydrogen-bond acceptors (Lipinski definition) is 4. The standard InChI is InChI=1S/C14H17BrN4/c1-4-5-11-12(15)14(16-3)19-13(18-11)10-7-6-9(2)17-8-10/h6-8H,4-5H2,1-3H3,(H,16,18,19). The van der Waals surface area contributed by atoms with Crippen molar-refractivity contribution >= 4 is 21.7 Å². The lowest BCUT2D eigenvalue weighted by molar-refractivity contribution is 0.868. The van der Waals surface area contributed by atoms with Crippen LogP contribution in [0.25, 0.3) is 11.4 Å². The Balaban J connectivity index is 2.51. The number of nitrogens with one attached hydrogen (secondary N) is 1. The summed E-state index contributed by atoms with van der Waals surface area (Å²) < 4.78 is 0.945. The van der Waals surface area contributed by atoms with E-state index in [4.69, 9.17) is 0 Å². The van der Waals surface area contributed by atoms with Gasteiger partial charge < -0.3 is 5.32 Å². The van der Waals surface area contributed by atoms with Crippen molar-refractivity contribution in [3.8, 4) is 11.4 Å². The molecule has 0 atom stereocenters. The molecule has 0 spiro atoms. The van der Waals surface area contributed by atoms with Gasteiger partial charge in [0.05, 0.1) is 10.2 Å². The van der Waals surface area contributed by atoms with Gasteiger partial charge in [0.15, 0.2) is 5.82 Å². The molecule has 100 valence electrons. The van der Waals surface area contributed by atoms with Gasteiger partial charge in [0, 0.05) is 24.5 Å². The Morgan fingerprint density at radius 1 is 1.26 bits per heavy atom.